The van der Waals surface area contributed by atoms with E-state index in [9.17, 15) is 14.9 Å². The number of non-ortho nitro benzene ring substituents is 1. The van der Waals surface area contributed by atoms with Gasteiger partial charge in [-0.1, -0.05) is 28.1 Å². The molecule has 0 bridgehead atoms. The van der Waals surface area contributed by atoms with E-state index in [1.165, 1.54) is 29.3 Å². The van der Waals surface area contributed by atoms with Gasteiger partial charge in [0.25, 0.3) is 11.6 Å². The highest BCUT2D eigenvalue weighted by Gasteiger charge is 2.32. The van der Waals surface area contributed by atoms with Crippen LogP contribution in [0.25, 0.3) is 6.08 Å². The Morgan fingerprint density at radius 3 is 2.42 bits per heavy atom. The van der Waals surface area contributed by atoms with Crippen LogP contribution < -0.4 is 5.01 Å². The molecule has 1 heterocycles. The van der Waals surface area contributed by atoms with Crippen molar-refractivity contribution >= 4 is 45.2 Å². The molecular weight excluding hydrogens is 402 g/mol. The van der Waals surface area contributed by atoms with E-state index in [0.29, 0.717) is 17.9 Å². The summed E-state index contributed by atoms with van der Waals surface area (Å²) in [4.78, 5) is 23.1. The third kappa shape index (κ3) is 3.65. The predicted octanol–water partition coefficient (Wildman–Crippen LogP) is 4.14. The predicted molar refractivity (Wildman–Crippen MR) is 102 cm³/mol. The lowest BCUT2D eigenvalue weighted by molar-refractivity contribution is -0.384. The maximum absolute atomic E-state index is 12.8. The van der Waals surface area contributed by atoms with Crippen molar-refractivity contribution in [2.75, 3.05) is 11.6 Å². The Morgan fingerprint density at radius 2 is 1.85 bits per heavy atom. The first kappa shape index (κ1) is 17.8. The van der Waals surface area contributed by atoms with E-state index in [1.54, 1.807) is 13.0 Å². The summed E-state index contributed by atoms with van der Waals surface area (Å²) in [5, 5.41) is 16.2. The fourth-order valence-corrected chi connectivity index (χ4v) is 2.64. The Morgan fingerprint density at radius 1 is 1.19 bits per heavy atom. The number of nitro groups is 1. The molecule has 2 aromatic carbocycles. The van der Waals surface area contributed by atoms with Crippen LogP contribution in [0.1, 0.15) is 12.5 Å². The minimum atomic E-state index is -0.497. The van der Waals surface area contributed by atoms with E-state index in [-0.39, 0.29) is 17.5 Å². The van der Waals surface area contributed by atoms with Crippen LogP contribution in [0, 0.1) is 10.1 Å². The van der Waals surface area contributed by atoms with Gasteiger partial charge in [-0.25, -0.2) is 0 Å². The number of carbonyl (C=O) groups excluding carboxylic acids is 1. The number of benzene rings is 2. The molecule has 7 nitrogen and oxygen atoms in total. The van der Waals surface area contributed by atoms with Gasteiger partial charge in [0.15, 0.2) is 0 Å². The van der Waals surface area contributed by atoms with Gasteiger partial charge in [0.2, 0.25) is 5.90 Å². The molecule has 26 heavy (non-hydrogen) atoms. The van der Waals surface area contributed by atoms with Crippen molar-refractivity contribution in [3.63, 3.8) is 0 Å². The maximum atomic E-state index is 12.8. The quantitative estimate of drug-likeness (QED) is 0.426. The second-order valence-electron chi connectivity index (χ2n) is 5.34. The molecule has 0 saturated heterocycles. The number of ether oxygens (including phenoxy) is 1. The van der Waals surface area contributed by atoms with Gasteiger partial charge < -0.3 is 4.74 Å². The van der Waals surface area contributed by atoms with Gasteiger partial charge in [0.1, 0.15) is 5.57 Å². The lowest BCUT2D eigenvalue weighted by atomic mass is 10.1. The second kappa shape index (κ2) is 7.49. The number of halogens is 1. The highest BCUT2D eigenvalue weighted by molar-refractivity contribution is 9.10. The standard InChI is InChI=1S/C18H14BrN3O4/c1-2-26-17-16(11-12-3-5-13(19)6-4-12)18(23)21(20-17)14-7-9-15(10-8-14)22(24)25/h3-11H,2H2,1H3/b16-11+. The monoisotopic (exact) mass is 415 g/mol. The van der Waals surface area contributed by atoms with Gasteiger partial charge in [0.05, 0.1) is 17.2 Å². The highest BCUT2D eigenvalue weighted by atomic mass is 79.9. The molecule has 0 N–H and O–H groups in total. The van der Waals surface area contributed by atoms with E-state index in [1.807, 2.05) is 24.3 Å². The van der Waals surface area contributed by atoms with Crippen molar-refractivity contribution in [1.82, 2.24) is 0 Å². The topological polar surface area (TPSA) is 85.0 Å². The molecule has 0 aliphatic carbocycles. The van der Waals surface area contributed by atoms with E-state index in [0.717, 1.165) is 10.0 Å². The molecule has 2 aromatic rings. The summed E-state index contributed by atoms with van der Waals surface area (Å²) in [6, 6.07) is 13.1. The summed E-state index contributed by atoms with van der Waals surface area (Å²) in [7, 11) is 0. The third-order valence-corrected chi connectivity index (χ3v) is 4.14. The fraction of sp³-hybridized carbons (Fsp3) is 0.111. The normalized spacial score (nSPS) is 15.3. The van der Waals surface area contributed by atoms with Gasteiger partial charge in [-0.15, -0.1) is 5.10 Å². The molecule has 1 aliphatic heterocycles. The summed E-state index contributed by atoms with van der Waals surface area (Å²) < 4.78 is 6.43. The highest BCUT2D eigenvalue weighted by Crippen LogP contribution is 2.27. The zero-order valence-electron chi connectivity index (χ0n) is 13.8. The Bertz CT molecular complexity index is 905. The Labute approximate surface area is 157 Å². The van der Waals surface area contributed by atoms with Crippen molar-refractivity contribution in [1.29, 1.82) is 0 Å². The van der Waals surface area contributed by atoms with Crippen molar-refractivity contribution in [3.8, 4) is 0 Å². The van der Waals surface area contributed by atoms with Crippen LogP contribution in [0.15, 0.2) is 63.7 Å². The van der Waals surface area contributed by atoms with Crippen LogP contribution in [0.2, 0.25) is 0 Å². The largest absolute Gasteiger partial charge is 0.476 e. The lowest BCUT2D eigenvalue weighted by Crippen LogP contribution is -2.21. The average Bonchev–Trinajstić information content (AvgIpc) is 2.93. The Kier molecular flexibility index (Phi) is 5.13. The molecule has 1 amide bonds. The van der Waals surface area contributed by atoms with Crippen LogP contribution in [-0.2, 0) is 9.53 Å². The van der Waals surface area contributed by atoms with Crippen molar-refractivity contribution in [2.24, 2.45) is 5.10 Å². The Balaban J connectivity index is 1.95. The van der Waals surface area contributed by atoms with Crippen molar-refractivity contribution < 1.29 is 14.5 Å². The second-order valence-corrected chi connectivity index (χ2v) is 6.25. The van der Waals surface area contributed by atoms with Crippen LogP contribution in [0.5, 0.6) is 0 Å². The van der Waals surface area contributed by atoms with Crippen LogP contribution in [0.3, 0.4) is 0 Å². The first-order chi connectivity index (χ1) is 12.5. The number of anilines is 1. The van der Waals surface area contributed by atoms with Gasteiger partial charge in [-0.2, -0.15) is 5.01 Å². The van der Waals surface area contributed by atoms with E-state index in [2.05, 4.69) is 21.0 Å². The fourth-order valence-electron chi connectivity index (χ4n) is 2.38. The minimum Gasteiger partial charge on any atom is -0.476 e. The van der Waals surface area contributed by atoms with Crippen LogP contribution in [0.4, 0.5) is 11.4 Å². The minimum absolute atomic E-state index is 0.0555. The van der Waals surface area contributed by atoms with Crippen molar-refractivity contribution in [2.45, 2.75) is 6.92 Å². The average molecular weight is 416 g/mol. The van der Waals surface area contributed by atoms with Gasteiger partial charge >= 0.3 is 0 Å². The number of hydrogen-bond donors (Lipinski definition) is 0. The molecule has 0 atom stereocenters. The van der Waals surface area contributed by atoms with E-state index in [4.69, 9.17) is 4.74 Å². The maximum Gasteiger partial charge on any atom is 0.284 e. The molecule has 3 rings (SSSR count). The number of amides is 1. The molecule has 0 unspecified atom stereocenters. The zero-order chi connectivity index (χ0) is 18.7. The summed E-state index contributed by atoms with van der Waals surface area (Å²) in [5.41, 5.74) is 1.53. The molecule has 8 heteroatoms. The molecule has 0 radical (unpaired) electrons. The van der Waals surface area contributed by atoms with Gasteiger partial charge in [-0.3, -0.25) is 14.9 Å². The first-order valence-electron chi connectivity index (χ1n) is 7.77. The van der Waals surface area contributed by atoms with Crippen LogP contribution in [-0.4, -0.2) is 23.3 Å². The number of nitro benzene ring substituents is 1. The van der Waals surface area contributed by atoms with Gasteiger partial charge in [-0.05, 0) is 42.8 Å². The number of hydrogen-bond acceptors (Lipinski definition) is 5. The lowest BCUT2D eigenvalue weighted by Gasteiger charge is -2.10. The molecule has 0 spiro atoms. The van der Waals surface area contributed by atoms with Gasteiger partial charge in [0, 0.05) is 16.6 Å². The number of rotatable bonds is 4. The molecule has 0 saturated carbocycles. The number of carbonyl (C=O) groups is 1. The first-order valence-corrected chi connectivity index (χ1v) is 8.57. The van der Waals surface area contributed by atoms with Crippen LogP contribution >= 0.6 is 15.9 Å². The summed E-state index contributed by atoms with van der Waals surface area (Å²) >= 11 is 3.37. The summed E-state index contributed by atoms with van der Waals surface area (Å²) in [6.45, 7) is 2.16. The SMILES string of the molecule is CCOC1=NN(c2ccc([N+](=O)[O-])cc2)C(=O)/C1=C/c1ccc(Br)cc1. The van der Waals surface area contributed by atoms with E-state index < -0.39 is 4.92 Å². The number of nitrogens with zero attached hydrogens (tertiary/aromatic N) is 3. The molecule has 1 aliphatic rings. The molecular formula is C18H14BrN3O4. The third-order valence-electron chi connectivity index (χ3n) is 3.61. The Hall–Kier alpha value is -3.00. The molecule has 132 valence electrons. The van der Waals surface area contributed by atoms with Crippen molar-refractivity contribution in [3.05, 3.63) is 74.3 Å². The molecule has 0 aromatic heterocycles. The molecule has 0 fully saturated rings. The summed E-state index contributed by atoms with van der Waals surface area (Å²) in [6.07, 6.45) is 1.70. The smallest absolute Gasteiger partial charge is 0.284 e. The summed E-state index contributed by atoms with van der Waals surface area (Å²) in [5.74, 6) is -0.135. The number of hydrazone groups is 1. The van der Waals surface area contributed by atoms with E-state index >= 15 is 0 Å². The zero-order valence-corrected chi connectivity index (χ0v) is 15.3.